The van der Waals surface area contributed by atoms with Gasteiger partial charge in [-0.3, -0.25) is 9.59 Å². The van der Waals surface area contributed by atoms with E-state index >= 15 is 0 Å². The number of hydrogen-bond acceptors (Lipinski definition) is 4. The Labute approximate surface area is 140 Å². The van der Waals surface area contributed by atoms with Crippen LogP contribution in [0, 0.1) is 18.3 Å². The number of rotatable bonds is 5. The van der Waals surface area contributed by atoms with E-state index in [2.05, 4.69) is 5.32 Å². The number of carbonyl (C=O) groups excluding carboxylic acids is 2. The summed E-state index contributed by atoms with van der Waals surface area (Å²) in [4.78, 5) is 24.1. The molecule has 0 fully saturated rings. The van der Waals surface area contributed by atoms with Crippen LogP contribution >= 0.6 is 0 Å². The number of amides is 1. The number of nitrogens with zero attached hydrogens (tertiary/aromatic N) is 1. The van der Waals surface area contributed by atoms with Gasteiger partial charge in [0.2, 0.25) is 0 Å². The van der Waals surface area contributed by atoms with Gasteiger partial charge in [0.15, 0.2) is 0 Å². The Morgan fingerprint density at radius 1 is 1.12 bits per heavy atom. The molecule has 24 heavy (non-hydrogen) atoms. The third kappa shape index (κ3) is 4.43. The van der Waals surface area contributed by atoms with Crippen molar-refractivity contribution in [2.75, 3.05) is 7.11 Å². The van der Waals surface area contributed by atoms with Gasteiger partial charge in [-0.25, -0.2) is 0 Å². The van der Waals surface area contributed by atoms with Crippen LogP contribution in [0.2, 0.25) is 0 Å². The van der Waals surface area contributed by atoms with Crippen LogP contribution in [0.15, 0.2) is 48.5 Å². The number of ether oxygens (including phenoxy) is 1. The maximum Gasteiger partial charge on any atom is 0.307 e. The smallest absolute Gasteiger partial charge is 0.307 e. The molecule has 0 aliphatic heterocycles. The minimum Gasteiger partial charge on any atom is -0.469 e. The largest absolute Gasteiger partial charge is 0.469 e. The molecule has 0 heterocycles. The first kappa shape index (κ1) is 17.2. The molecule has 0 spiro atoms. The summed E-state index contributed by atoms with van der Waals surface area (Å²) >= 11 is 0. The highest BCUT2D eigenvalue weighted by molar-refractivity contribution is 5.94. The first-order chi connectivity index (χ1) is 11.5. The number of nitriles is 1. The van der Waals surface area contributed by atoms with E-state index in [1.165, 1.54) is 7.11 Å². The van der Waals surface area contributed by atoms with Crippen LogP contribution in [0.3, 0.4) is 0 Å². The molecule has 2 rings (SSSR count). The van der Waals surface area contributed by atoms with Crippen molar-refractivity contribution >= 4 is 11.9 Å². The number of esters is 1. The van der Waals surface area contributed by atoms with Gasteiger partial charge in [-0.1, -0.05) is 29.8 Å². The van der Waals surface area contributed by atoms with Crippen LogP contribution in [0.4, 0.5) is 0 Å². The average molecular weight is 322 g/mol. The summed E-state index contributed by atoms with van der Waals surface area (Å²) in [7, 11) is 1.32. The number of aryl methyl sites for hydroxylation is 1. The molecular weight excluding hydrogens is 304 g/mol. The normalized spacial score (nSPS) is 11.2. The van der Waals surface area contributed by atoms with E-state index < -0.39 is 12.0 Å². The summed E-state index contributed by atoms with van der Waals surface area (Å²) in [6, 6.07) is 15.4. The Kier molecular flexibility index (Phi) is 5.69. The summed E-state index contributed by atoms with van der Waals surface area (Å²) in [6.07, 6.45) is 0.0432. The molecule has 1 amide bonds. The van der Waals surface area contributed by atoms with Gasteiger partial charge in [0.1, 0.15) is 0 Å². The predicted octanol–water partition coefficient (Wildman–Crippen LogP) is 2.90. The van der Waals surface area contributed by atoms with E-state index in [-0.39, 0.29) is 12.3 Å². The second kappa shape index (κ2) is 7.93. The molecule has 2 aromatic carbocycles. The minimum atomic E-state index is -0.485. The molecule has 0 saturated heterocycles. The highest BCUT2D eigenvalue weighted by Gasteiger charge is 2.19. The van der Waals surface area contributed by atoms with Gasteiger partial charge in [0.05, 0.1) is 31.2 Å². The standard InChI is InChI=1S/C19H18N2O3/c1-13-3-7-15(8-4-13)17(11-18(22)24-2)21-19(23)16-9-5-14(12-20)6-10-16/h3-10,17H,11H2,1-2H3,(H,21,23)/t17-/m1/s1. The van der Waals surface area contributed by atoms with Crippen molar-refractivity contribution in [3.05, 3.63) is 70.8 Å². The number of hydrogen-bond donors (Lipinski definition) is 1. The second-order valence-electron chi connectivity index (χ2n) is 5.41. The lowest BCUT2D eigenvalue weighted by atomic mass is 10.0. The zero-order valence-electron chi connectivity index (χ0n) is 13.6. The molecule has 0 aliphatic rings. The van der Waals surface area contributed by atoms with Crippen molar-refractivity contribution in [2.45, 2.75) is 19.4 Å². The maximum absolute atomic E-state index is 12.4. The maximum atomic E-state index is 12.4. The molecule has 0 saturated carbocycles. The monoisotopic (exact) mass is 322 g/mol. The lowest BCUT2D eigenvalue weighted by molar-refractivity contribution is -0.141. The van der Waals surface area contributed by atoms with Gasteiger partial charge in [-0.05, 0) is 36.8 Å². The van der Waals surface area contributed by atoms with E-state index in [1.54, 1.807) is 24.3 Å². The molecule has 1 N–H and O–H groups in total. The lowest BCUT2D eigenvalue weighted by Crippen LogP contribution is -2.30. The van der Waals surface area contributed by atoms with Crippen LogP contribution in [0.1, 0.15) is 39.5 Å². The van der Waals surface area contributed by atoms with Gasteiger partial charge < -0.3 is 10.1 Å². The topological polar surface area (TPSA) is 79.2 Å². The molecule has 2 aromatic rings. The minimum absolute atomic E-state index is 0.0432. The van der Waals surface area contributed by atoms with Gasteiger partial charge >= 0.3 is 5.97 Å². The van der Waals surface area contributed by atoms with Crippen LogP contribution in [0.5, 0.6) is 0 Å². The predicted molar refractivity (Wildman–Crippen MR) is 89.2 cm³/mol. The molecule has 0 bridgehead atoms. The van der Waals surface area contributed by atoms with E-state index in [9.17, 15) is 9.59 Å². The van der Waals surface area contributed by atoms with Crippen LogP contribution in [-0.2, 0) is 9.53 Å². The molecule has 5 heteroatoms. The first-order valence-corrected chi connectivity index (χ1v) is 7.48. The fourth-order valence-corrected chi connectivity index (χ4v) is 2.24. The third-order valence-corrected chi connectivity index (χ3v) is 3.66. The molecular formula is C19H18N2O3. The zero-order valence-corrected chi connectivity index (χ0v) is 13.6. The molecule has 1 atom stereocenters. The third-order valence-electron chi connectivity index (χ3n) is 3.66. The zero-order chi connectivity index (χ0) is 17.5. The van der Waals surface area contributed by atoms with E-state index in [4.69, 9.17) is 10.00 Å². The van der Waals surface area contributed by atoms with Crippen LogP contribution in [-0.4, -0.2) is 19.0 Å². The Morgan fingerprint density at radius 2 is 1.75 bits per heavy atom. The Bertz CT molecular complexity index is 759. The van der Waals surface area contributed by atoms with Crippen molar-refractivity contribution in [3.63, 3.8) is 0 Å². The Balaban J connectivity index is 2.20. The molecule has 5 nitrogen and oxygen atoms in total. The second-order valence-corrected chi connectivity index (χ2v) is 5.41. The number of benzene rings is 2. The lowest BCUT2D eigenvalue weighted by Gasteiger charge is -2.18. The van der Waals surface area contributed by atoms with Crippen molar-refractivity contribution in [2.24, 2.45) is 0 Å². The van der Waals surface area contributed by atoms with Crippen molar-refractivity contribution in [3.8, 4) is 6.07 Å². The molecule has 122 valence electrons. The van der Waals surface area contributed by atoms with E-state index in [0.717, 1.165) is 11.1 Å². The number of nitrogens with one attached hydrogen (secondary N) is 1. The average Bonchev–Trinajstić information content (AvgIpc) is 2.61. The Morgan fingerprint density at radius 3 is 2.29 bits per heavy atom. The van der Waals surface area contributed by atoms with Gasteiger partial charge in [0.25, 0.3) is 5.91 Å². The number of carbonyl (C=O) groups is 2. The first-order valence-electron chi connectivity index (χ1n) is 7.48. The fraction of sp³-hybridized carbons (Fsp3) is 0.211. The summed E-state index contributed by atoms with van der Waals surface area (Å²) in [5.41, 5.74) is 2.83. The molecule has 0 aliphatic carbocycles. The Hall–Kier alpha value is -3.13. The quantitative estimate of drug-likeness (QED) is 0.858. The molecule has 0 unspecified atom stereocenters. The highest BCUT2D eigenvalue weighted by Crippen LogP contribution is 2.19. The summed E-state index contributed by atoms with van der Waals surface area (Å²) < 4.78 is 4.72. The summed E-state index contributed by atoms with van der Waals surface area (Å²) in [6.45, 7) is 1.97. The van der Waals surface area contributed by atoms with Gasteiger partial charge in [-0.15, -0.1) is 0 Å². The summed E-state index contributed by atoms with van der Waals surface area (Å²) in [5, 5.41) is 11.7. The fourth-order valence-electron chi connectivity index (χ4n) is 2.24. The van der Waals surface area contributed by atoms with Crippen LogP contribution in [0.25, 0.3) is 0 Å². The number of methoxy groups -OCH3 is 1. The molecule has 0 radical (unpaired) electrons. The van der Waals surface area contributed by atoms with Crippen molar-refractivity contribution in [1.29, 1.82) is 5.26 Å². The SMILES string of the molecule is COC(=O)C[C@@H](NC(=O)c1ccc(C#N)cc1)c1ccc(C)cc1. The molecule has 0 aromatic heterocycles. The van der Waals surface area contributed by atoms with Crippen molar-refractivity contribution < 1.29 is 14.3 Å². The van der Waals surface area contributed by atoms with Crippen molar-refractivity contribution in [1.82, 2.24) is 5.32 Å². The van der Waals surface area contributed by atoms with E-state index in [1.807, 2.05) is 37.3 Å². The van der Waals surface area contributed by atoms with Gasteiger partial charge in [-0.2, -0.15) is 5.26 Å². The van der Waals surface area contributed by atoms with Gasteiger partial charge in [0, 0.05) is 5.56 Å². The van der Waals surface area contributed by atoms with Crippen LogP contribution < -0.4 is 5.32 Å². The summed E-state index contributed by atoms with van der Waals surface area (Å²) in [5.74, 6) is -0.713. The van der Waals surface area contributed by atoms with E-state index in [0.29, 0.717) is 11.1 Å². The highest BCUT2D eigenvalue weighted by atomic mass is 16.5.